The van der Waals surface area contributed by atoms with Crippen LogP contribution in [0.1, 0.15) is 40.5 Å². The van der Waals surface area contributed by atoms with Gasteiger partial charge in [0.05, 0.1) is 0 Å². The van der Waals surface area contributed by atoms with Crippen LogP contribution in [-0.4, -0.2) is 0 Å². The van der Waals surface area contributed by atoms with Crippen LogP contribution in [0.4, 0.5) is 0 Å². The zero-order valence-corrected chi connectivity index (χ0v) is 7.57. The Kier molecular flexibility index (Phi) is 1.89. The first-order chi connectivity index (χ1) is 4.61. The van der Waals surface area contributed by atoms with Gasteiger partial charge in [-0.3, -0.25) is 0 Å². The summed E-state index contributed by atoms with van der Waals surface area (Å²) in [6, 6.07) is 0. The Labute approximate surface area is 64.3 Å². The van der Waals surface area contributed by atoms with Gasteiger partial charge in [-0.05, 0) is 24.7 Å². The quantitative estimate of drug-likeness (QED) is 0.513. The molecule has 0 amide bonds. The third-order valence-electron chi connectivity index (χ3n) is 3.18. The highest BCUT2D eigenvalue weighted by Gasteiger charge is 2.37. The van der Waals surface area contributed by atoms with E-state index in [1.807, 2.05) is 0 Å². The van der Waals surface area contributed by atoms with Gasteiger partial charge in [-0.15, -0.1) is 0 Å². The van der Waals surface area contributed by atoms with Gasteiger partial charge < -0.3 is 0 Å². The van der Waals surface area contributed by atoms with Crippen molar-refractivity contribution in [1.29, 1.82) is 0 Å². The normalized spacial score (nSPS) is 38.8. The van der Waals surface area contributed by atoms with Gasteiger partial charge in [-0.2, -0.15) is 0 Å². The summed E-state index contributed by atoms with van der Waals surface area (Å²) in [6.45, 7) is 9.23. The third kappa shape index (κ3) is 0.902. The van der Waals surface area contributed by atoms with Crippen molar-refractivity contribution in [2.24, 2.45) is 11.3 Å². The van der Waals surface area contributed by atoms with Crippen molar-refractivity contribution in [2.75, 3.05) is 0 Å². The zero-order chi connectivity index (χ0) is 7.78. The molecule has 0 heteroatoms. The maximum atomic E-state index is 2.39. The van der Waals surface area contributed by atoms with Crippen molar-refractivity contribution >= 4 is 0 Å². The van der Waals surface area contributed by atoms with Crippen LogP contribution in [0, 0.1) is 11.3 Å². The first kappa shape index (κ1) is 7.84. The minimum Gasteiger partial charge on any atom is -0.0813 e. The molecule has 1 aliphatic rings. The van der Waals surface area contributed by atoms with E-state index in [-0.39, 0.29) is 0 Å². The molecule has 0 aliphatic heterocycles. The molecule has 0 fully saturated rings. The Bertz CT molecular complexity index is 155. The maximum absolute atomic E-state index is 2.39. The monoisotopic (exact) mass is 138 g/mol. The van der Waals surface area contributed by atoms with Crippen LogP contribution in [0.3, 0.4) is 0 Å². The first-order valence-corrected chi connectivity index (χ1v) is 4.30. The lowest BCUT2D eigenvalue weighted by atomic mass is 9.61. The van der Waals surface area contributed by atoms with Crippen LogP contribution in [0.15, 0.2) is 11.6 Å². The summed E-state index contributed by atoms with van der Waals surface area (Å²) in [6.07, 6.45) is 5.05. The summed E-state index contributed by atoms with van der Waals surface area (Å²) in [5, 5.41) is 0. The van der Waals surface area contributed by atoms with Gasteiger partial charge in [-0.1, -0.05) is 38.8 Å². The molecule has 1 rings (SSSR count). The Morgan fingerprint density at radius 1 is 1.60 bits per heavy atom. The highest BCUT2D eigenvalue weighted by atomic mass is 14.4. The van der Waals surface area contributed by atoms with Crippen molar-refractivity contribution < 1.29 is 0 Å². The fourth-order valence-electron chi connectivity index (χ4n) is 1.96. The molecule has 0 saturated heterocycles. The summed E-state index contributed by atoms with van der Waals surface area (Å²) in [5.41, 5.74) is 2.15. The average molecular weight is 138 g/mol. The second-order valence-corrected chi connectivity index (χ2v) is 3.81. The van der Waals surface area contributed by atoms with Crippen LogP contribution < -0.4 is 0 Å². The van der Waals surface area contributed by atoms with Crippen molar-refractivity contribution in [1.82, 2.24) is 0 Å². The van der Waals surface area contributed by atoms with Crippen molar-refractivity contribution in [3.63, 3.8) is 0 Å². The molecule has 0 saturated carbocycles. The second-order valence-electron chi connectivity index (χ2n) is 3.81. The minimum absolute atomic E-state index is 0.550. The summed E-state index contributed by atoms with van der Waals surface area (Å²) in [5.74, 6) is 0.812. The van der Waals surface area contributed by atoms with Gasteiger partial charge in [0.1, 0.15) is 0 Å². The van der Waals surface area contributed by atoms with E-state index in [9.17, 15) is 0 Å². The van der Waals surface area contributed by atoms with E-state index in [2.05, 4.69) is 33.8 Å². The van der Waals surface area contributed by atoms with E-state index >= 15 is 0 Å². The molecule has 0 bridgehead atoms. The van der Waals surface area contributed by atoms with Crippen LogP contribution in [0.5, 0.6) is 0 Å². The summed E-state index contributed by atoms with van der Waals surface area (Å²) >= 11 is 0. The van der Waals surface area contributed by atoms with Gasteiger partial charge in [0, 0.05) is 0 Å². The lowest BCUT2D eigenvalue weighted by Crippen LogP contribution is -2.33. The van der Waals surface area contributed by atoms with Crippen LogP contribution in [-0.2, 0) is 0 Å². The molecule has 58 valence electrons. The predicted octanol–water partition coefficient (Wildman–Crippen LogP) is 3.39. The molecule has 0 nitrogen and oxygen atoms in total. The number of hydrogen-bond donors (Lipinski definition) is 0. The summed E-state index contributed by atoms with van der Waals surface area (Å²) in [7, 11) is 0. The van der Waals surface area contributed by atoms with E-state index < -0.39 is 0 Å². The Balaban J connectivity index is 2.62. The van der Waals surface area contributed by atoms with Crippen molar-refractivity contribution in [2.45, 2.75) is 40.5 Å². The molecule has 0 radical (unpaired) electrons. The second kappa shape index (κ2) is 2.41. The number of allylic oxidation sites excluding steroid dienone is 2. The summed E-state index contributed by atoms with van der Waals surface area (Å²) in [4.78, 5) is 0. The molecule has 10 heavy (non-hydrogen) atoms. The van der Waals surface area contributed by atoms with Crippen LogP contribution >= 0.6 is 0 Å². The fraction of sp³-hybridized carbons (Fsp3) is 0.800. The van der Waals surface area contributed by atoms with Crippen LogP contribution in [0.25, 0.3) is 0 Å². The first-order valence-electron chi connectivity index (χ1n) is 4.30. The van der Waals surface area contributed by atoms with E-state index in [4.69, 9.17) is 0 Å². The lowest BCUT2D eigenvalue weighted by Gasteiger charge is -2.44. The van der Waals surface area contributed by atoms with Crippen LogP contribution in [0.2, 0.25) is 0 Å². The number of rotatable bonds is 2. The molecule has 0 heterocycles. The van der Waals surface area contributed by atoms with E-state index in [1.54, 1.807) is 5.57 Å². The molecule has 2 unspecified atom stereocenters. The standard InChI is InChI=1S/C10H18/c1-5-6-10(4)8(2)7-9(10)3/h7-8H,5-6H2,1-4H3. The highest BCUT2D eigenvalue weighted by Crippen LogP contribution is 2.48. The van der Waals surface area contributed by atoms with Crippen molar-refractivity contribution in [3.05, 3.63) is 11.6 Å². The lowest BCUT2D eigenvalue weighted by molar-refractivity contribution is 0.233. The van der Waals surface area contributed by atoms with E-state index in [1.165, 1.54) is 12.8 Å². The molecule has 0 aromatic rings. The Hall–Kier alpha value is -0.260. The van der Waals surface area contributed by atoms with Gasteiger partial charge in [0.2, 0.25) is 0 Å². The largest absolute Gasteiger partial charge is 0.0813 e. The third-order valence-corrected chi connectivity index (χ3v) is 3.18. The van der Waals surface area contributed by atoms with E-state index in [0.29, 0.717) is 5.41 Å². The molecule has 0 aromatic carbocycles. The summed E-state index contributed by atoms with van der Waals surface area (Å²) < 4.78 is 0. The van der Waals surface area contributed by atoms with Gasteiger partial charge in [0.15, 0.2) is 0 Å². The Morgan fingerprint density at radius 2 is 2.20 bits per heavy atom. The molecule has 2 atom stereocenters. The SMILES string of the molecule is CCCC1(C)C(C)=CC1C. The topological polar surface area (TPSA) is 0 Å². The molecule has 1 aliphatic carbocycles. The maximum Gasteiger partial charge on any atom is -0.00590 e. The fourth-order valence-corrected chi connectivity index (χ4v) is 1.96. The van der Waals surface area contributed by atoms with Gasteiger partial charge in [0.25, 0.3) is 0 Å². The molecule has 0 N–H and O–H groups in total. The average Bonchev–Trinajstić information content (AvgIpc) is 1.89. The Morgan fingerprint density at radius 3 is 2.40 bits per heavy atom. The molecule has 0 spiro atoms. The zero-order valence-electron chi connectivity index (χ0n) is 7.57. The molecular formula is C10H18. The molecular weight excluding hydrogens is 120 g/mol. The highest BCUT2D eigenvalue weighted by molar-refractivity contribution is 5.25. The molecule has 0 aromatic heterocycles. The van der Waals surface area contributed by atoms with E-state index in [0.717, 1.165) is 5.92 Å². The minimum atomic E-state index is 0.550. The number of hydrogen-bond acceptors (Lipinski definition) is 0. The predicted molar refractivity (Wildman–Crippen MR) is 45.9 cm³/mol. The smallest absolute Gasteiger partial charge is 0.00590 e. The van der Waals surface area contributed by atoms with Gasteiger partial charge in [-0.25, -0.2) is 0 Å². The van der Waals surface area contributed by atoms with Crippen molar-refractivity contribution in [3.8, 4) is 0 Å². The van der Waals surface area contributed by atoms with Gasteiger partial charge >= 0.3 is 0 Å².